The lowest BCUT2D eigenvalue weighted by atomic mass is 10.1. The van der Waals surface area contributed by atoms with Crippen LogP contribution in [0.5, 0.6) is 0 Å². The molecular weight excluding hydrogens is 289 g/mol. The Morgan fingerprint density at radius 2 is 2.18 bits per heavy atom. The van der Waals surface area contributed by atoms with E-state index >= 15 is 0 Å². The third-order valence-electron chi connectivity index (χ3n) is 2.31. The monoisotopic (exact) mass is 297 g/mol. The van der Waals surface area contributed by atoms with Crippen molar-refractivity contribution in [2.45, 2.75) is 0 Å². The van der Waals surface area contributed by atoms with E-state index in [4.69, 9.17) is 4.42 Å². The first-order chi connectivity index (χ1) is 8.15. The third-order valence-corrected chi connectivity index (χ3v) is 2.77. The molecule has 1 aromatic heterocycles. The van der Waals surface area contributed by atoms with Crippen LogP contribution in [0.4, 0.5) is 10.1 Å². The van der Waals surface area contributed by atoms with Crippen LogP contribution >= 0.6 is 15.9 Å². The summed E-state index contributed by atoms with van der Waals surface area (Å²) >= 11 is 3.21. The van der Waals surface area contributed by atoms with Gasteiger partial charge in [-0.05, 0) is 24.3 Å². The Morgan fingerprint density at radius 1 is 1.41 bits per heavy atom. The number of carbonyl (C=O) groups is 1. The highest BCUT2D eigenvalue weighted by Gasteiger charge is 2.15. The van der Waals surface area contributed by atoms with E-state index in [0.29, 0.717) is 27.8 Å². The molecular formula is C12H9BrFNO2. The number of carbonyl (C=O) groups excluding carboxylic acids is 1. The predicted octanol–water partition coefficient (Wildman–Crippen LogP) is 3.70. The summed E-state index contributed by atoms with van der Waals surface area (Å²) < 4.78 is 19.7. The summed E-state index contributed by atoms with van der Waals surface area (Å²) in [6.07, 6.45) is 0.583. The van der Waals surface area contributed by atoms with Crippen molar-refractivity contribution in [1.82, 2.24) is 0 Å². The van der Waals surface area contributed by atoms with Gasteiger partial charge in [0.2, 0.25) is 0 Å². The third kappa shape index (κ3) is 2.24. The molecule has 2 aromatic rings. The Kier molecular flexibility index (Phi) is 3.28. The van der Waals surface area contributed by atoms with E-state index < -0.39 is 5.82 Å². The Bertz CT molecular complexity index is 566. The van der Waals surface area contributed by atoms with Gasteiger partial charge in [0.1, 0.15) is 11.6 Å². The zero-order chi connectivity index (χ0) is 12.4. The van der Waals surface area contributed by atoms with Crippen molar-refractivity contribution in [2.24, 2.45) is 0 Å². The molecule has 0 fully saturated rings. The lowest BCUT2D eigenvalue weighted by Crippen LogP contribution is -1.94. The van der Waals surface area contributed by atoms with Gasteiger partial charge < -0.3 is 9.73 Å². The number of furan rings is 1. The number of benzene rings is 1. The van der Waals surface area contributed by atoms with Gasteiger partial charge in [0.25, 0.3) is 0 Å². The fourth-order valence-corrected chi connectivity index (χ4v) is 2.00. The molecule has 0 bridgehead atoms. The number of nitrogens with one attached hydrogen (secondary N) is 1. The molecule has 17 heavy (non-hydrogen) atoms. The minimum Gasteiger partial charge on any atom is -0.453 e. The number of hydrogen-bond donors (Lipinski definition) is 1. The van der Waals surface area contributed by atoms with Gasteiger partial charge in [-0.25, -0.2) is 4.39 Å². The number of halogens is 2. The molecule has 0 aliphatic rings. The average molecular weight is 298 g/mol. The van der Waals surface area contributed by atoms with Crippen LogP contribution < -0.4 is 5.32 Å². The Labute approximate surface area is 106 Å². The lowest BCUT2D eigenvalue weighted by molar-refractivity contribution is 0.110. The normalized spacial score (nSPS) is 10.3. The van der Waals surface area contributed by atoms with Gasteiger partial charge in [0, 0.05) is 17.2 Å². The second kappa shape index (κ2) is 4.71. The average Bonchev–Trinajstić information content (AvgIpc) is 2.76. The largest absolute Gasteiger partial charge is 0.453 e. The molecule has 0 spiro atoms. The van der Waals surface area contributed by atoms with Crippen LogP contribution in [-0.4, -0.2) is 13.3 Å². The zero-order valence-electron chi connectivity index (χ0n) is 8.96. The van der Waals surface area contributed by atoms with E-state index in [1.807, 2.05) is 0 Å². The second-order valence-corrected chi connectivity index (χ2v) is 4.30. The van der Waals surface area contributed by atoms with Crippen LogP contribution in [0.2, 0.25) is 0 Å². The molecule has 2 rings (SSSR count). The fourth-order valence-electron chi connectivity index (χ4n) is 1.57. The van der Waals surface area contributed by atoms with Crippen molar-refractivity contribution in [3.63, 3.8) is 0 Å². The van der Waals surface area contributed by atoms with E-state index in [1.54, 1.807) is 19.2 Å². The highest BCUT2D eigenvalue weighted by atomic mass is 79.9. The maximum Gasteiger partial charge on any atom is 0.185 e. The summed E-state index contributed by atoms with van der Waals surface area (Å²) in [5.74, 6) is 0.0707. The van der Waals surface area contributed by atoms with E-state index in [-0.39, 0.29) is 5.76 Å². The molecule has 1 heterocycles. The van der Waals surface area contributed by atoms with Crippen molar-refractivity contribution >= 4 is 27.9 Å². The van der Waals surface area contributed by atoms with Gasteiger partial charge >= 0.3 is 0 Å². The quantitative estimate of drug-likeness (QED) is 0.878. The molecule has 0 unspecified atom stereocenters. The topological polar surface area (TPSA) is 42.2 Å². The minimum absolute atomic E-state index is 0.171. The smallest absolute Gasteiger partial charge is 0.185 e. The first-order valence-electron chi connectivity index (χ1n) is 4.88. The number of hydrogen-bond acceptors (Lipinski definition) is 3. The standard InChI is InChI=1S/C12H9BrFNO2/c1-15-10-5-7(13)4-9(14)12(10)11-3-2-8(6-16)17-11/h2-6,15H,1H3. The van der Waals surface area contributed by atoms with Crippen molar-refractivity contribution in [3.05, 3.63) is 40.3 Å². The molecule has 3 nitrogen and oxygen atoms in total. The number of anilines is 1. The Balaban J connectivity index is 2.61. The molecule has 0 aliphatic heterocycles. The maximum absolute atomic E-state index is 13.9. The van der Waals surface area contributed by atoms with E-state index in [2.05, 4.69) is 21.2 Å². The predicted molar refractivity (Wildman–Crippen MR) is 66.7 cm³/mol. The first-order valence-corrected chi connectivity index (χ1v) is 5.67. The Hall–Kier alpha value is -1.62. The van der Waals surface area contributed by atoms with Crippen LogP contribution in [0.15, 0.2) is 33.2 Å². The summed E-state index contributed by atoms with van der Waals surface area (Å²) in [5, 5.41) is 2.88. The van der Waals surface area contributed by atoms with Crippen LogP contribution in [0, 0.1) is 5.82 Å². The van der Waals surface area contributed by atoms with Gasteiger partial charge in [0.15, 0.2) is 12.0 Å². The first kappa shape index (κ1) is 11.9. The van der Waals surface area contributed by atoms with Gasteiger partial charge in [0.05, 0.1) is 5.56 Å². The molecule has 88 valence electrons. The highest BCUT2D eigenvalue weighted by Crippen LogP contribution is 2.34. The molecule has 0 radical (unpaired) electrons. The molecule has 0 saturated heterocycles. The van der Waals surface area contributed by atoms with Gasteiger partial charge in [-0.1, -0.05) is 15.9 Å². The van der Waals surface area contributed by atoms with Gasteiger partial charge in [-0.15, -0.1) is 0 Å². The highest BCUT2D eigenvalue weighted by molar-refractivity contribution is 9.10. The molecule has 5 heteroatoms. The summed E-state index contributed by atoms with van der Waals surface area (Å²) in [7, 11) is 1.69. The number of aldehydes is 1. The summed E-state index contributed by atoms with van der Waals surface area (Å²) in [5.41, 5.74) is 0.896. The number of rotatable bonds is 3. The Morgan fingerprint density at radius 3 is 2.76 bits per heavy atom. The zero-order valence-corrected chi connectivity index (χ0v) is 10.5. The van der Waals surface area contributed by atoms with Crippen molar-refractivity contribution in [3.8, 4) is 11.3 Å². The molecule has 0 atom stereocenters. The van der Waals surface area contributed by atoms with Gasteiger partial charge in [-0.2, -0.15) is 0 Å². The summed E-state index contributed by atoms with van der Waals surface area (Å²) in [4.78, 5) is 10.5. The SMILES string of the molecule is CNc1cc(Br)cc(F)c1-c1ccc(C=O)o1. The molecule has 0 aliphatic carbocycles. The molecule has 1 aromatic carbocycles. The van der Waals surface area contributed by atoms with E-state index in [1.165, 1.54) is 12.1 Å². The fraction of sp³-hybridized carbons (Fsp3) is 0.0833. The van der Waals surface area contributed by atoms with Crippen LogP contribution in [-0.2, 0) is 0 Å². The molecule has 0 saturated carbocycles. The lowest BCUT2D eigenvalue weighted by Gasteiger charge is -2.08. The van der Waals surface area contributed by atoms with Crippen molar-refractivity contribution in [1.29, 1.82) is 0 Å². The van der Waals surface area contributed by atoms with Crippen LogP contribution in [0.3, 0.4) is 0 Å². The molecule has 0 amide bonds. The van der Waals surface area contributed by atoms with Gasteiger partial charge in [-0.3, -0.25) is 4.79 Å². The van der Waals surface area contributed by atoms with Crippen LogP contribution in [0.1, 0.15) is 10.6 Å². The van der Waals surface area contributed by atoms with Crippen molar-refractivity contribution in [2.75, 3.05) is 12.4 Å². The van der Waals surface area contributed by atoms with Crippen LogP contribution in [0.25, 0.3) is 11.3 Å². The maximum atomic E-state index is 13.9. The van der Waals surface area contributed by atoms with E-state index in [9.17, 15) is 9.18 Å². The van der Waals surface area contributed by atoms with Crippen molar-refractivity contribution < 1.29 is 13.6 Å². The summed E-state index contributed by atoms with van der Waals surface area (Å²) in [6.45, 7) is 0. The second-order valence-electron chi connectivity index (χ2n) is 3.38. The minimum atomic E-state index is -0.421. The summed E-state index contributed by atoms with van der Waals surface area (Å²) in [6, 6.07) is 6.15. The van der Waals surface area contributed by atoms with E-state index in [0.717, 1.165) is 0 Å². The molecule has 1 N–H and O–H groups in total.